The Labute approximate surface area is 106 Å². The third-order valence-corrected chi connectivity index (χ3v) is 3.91. The molecule has 0 saturated carbocycles. The fraction of sp³-hybridized carbons (Fsp3) is 0.500. The topological polar surface area (TPSA) is 32.3 Å². The Bertz CT molecular complexity index is 482. The van der Waals surface area contributed by atoms with Crippen molar-refractivity contribution in [3.63, 3.8) is 0 Å². The molecule has 0 unspecified atom stereocenters. The Hall–Kier alpha value is -1.42. The summed E-state index contributed by atoms with van der Waals surface area (Å²) in [5.41, 5.74) is 0.276. The molecule has 1 aromatic carbocycles. The van der Waals surface area contributed by atoms with Crippen LogP contribution in [0.15, 0.2) is 24.3 Å². The van der Waals surface area contributed by atoms with Crippen molar-refractivity contribution in [3.05, 3.63) is 29.8 Å². The molecule has 2 atom stereocenters. The predicted molar refractivity (Wildman–Crippen MR) is 68.4 cm³/mol. The molecular formula is C14H17FN2O. The standard InChI is InChI=1S/C14H17FN2O/c1-10-8-11-4-2-3-5-12(11)17(10)13(18)14(15)6-7-16-9-14/h2-5,10,16H,6-9H2,1H3/t10-,14-/m1/s1. The van der Waals surface area contributed by atoms with Crippen LogP contribution < -0.4 is 10.2 Å². The highest BCUT2D eigenvalue weighted by atomic mass is 19.1. The van der Waals surface area contributed by atoms with Crippen LogP contribution in [0.3, 0.4) is 0 Å². The third-order valence-electron chi connectivity index (χ3n) is 3.91. The highest BCUT2D eigenvalue weighted by molar-refractivity contribution is 6.02. The molecule has 2 heterocycles. The maximum Gasteiger partial charge on any atom is 0.266 e. The lowest BCUT2D eigenvalue weighted by molar-refractivity contribution is -0.129. The number of fused-ring (bicyclic) bond motifs is 1. The molecule has 18 heavy (non-hydrogen) atoms. The molecule has 0 bridgehead atoms. The van der Waals surface area contributed by atoms with E-state index in [4.69, 9.17) is 0 Å². The SMILES string of the molecule is C[C@@H]1Cc2ccccc2N1C(=O)[C@@]1(F)CCNC1. The zero-order valence-electron chi connectivity index (χ0n) is 10.4. The van der Waals surface area contributed by atoms with Gasteiger partial charge in [0.05, 0.1) is 0 Å². The van der Waals surface area contributed by atoms with Gasteiger partial charge in [0.15, 0.2) is 0 Å². The van der Waals surface area contributed by atoms with Gasteiger partial charge in [-0.05, 0) is 31.5 Å². The summed E-state index contributed by atoms with van der Waals surface area (Å²) in [5, 5.41) is 2.93. The van der Waals surface area contributed by atoms with Crippen LogP contribution in [0.25, 0.3) is 0 Å². The summed E-state index contributed by atoms with van der Waals surface area (Å²) in [7, 11) is 0. The average Bonchev–Trinajstić information content (AvgIpc) is 2.92. The van der Waals surface area contributed by atoms with Gasteiger partial charge in [0.2, 0.25) is 5.67 Å². The summed E-state index contributed by atoms with van der Waals surface area (Å²) in [4.78, 5) is 14.1. The van der Waals surface area contributed by atoms with Crippen LogP contribution in [0.5, 0.6) is 0 Å². The van der Waals surface area contributed by atoms with E-state index in [0.717, 1.165) is 17.7 Å². The fourth-order valence-corrected chi connectivity index (χ4v) is 2.93. The lowest BCUT2D eigenvalue weighted by Gasteiger charge is -2.29. The van der Waals surface area contributed by atoms with Crippen molar-refractivity contribution in [1.82, 2.24) is 5.32 Å². The number of amides is 1. The Morgan fingerprint density at radius 3 is 3.00 bits per heavy atom. The largest absolute Gasteiger partial charge is 0.313 e. The quantitative estimate of drug-likeness (QED) is 0.820. The van der Waals surface area contributed by atoms with Crippen molar-refractivity contribution in [2.75, 3.05) is 18.0 Å². The molecular weight excluding hydrogens is 231 g/mol. The summed E-state index contributed by atoms with van der Waals surface area (Å²) in [6.45, 7) is 2.69. The second-order valence-corrected chi connectivity index (χ2v) is 5.25. The highest BCUT2D eigenvalue weighted by Crippen LogP contribution is 2.35. The van der Waals surface area contributed by atoms with E-state index >= 15 is 0 Å². The normalized spacial score (nSPS) is 30.6. The van der Waals surface area contributed by atoms with Gasteiger partial charge in [0, 0.05) is 24.7 Å². The molecule has 3 nitrogen and oxygen atoms in total. The van der Waals surface area contributed by atoms with Crippen LogP contribution in [0.2, 0.25) is 0 Å². The van der Waals surface area contributed by atoms with Crippen LogP contribution >= 0.6 is 0 Å². The molecule has 2 aliphatic heterocycles. The molecule has 4 heteroatoms. The number of nitrogens with zero attached hydrogens (tertiary/aromatic N) is 1. The van der Waals surface area contributed by atoms with E-state index in [0.29, 0.717) is 6.54 Å². The van der Waals surface area contributed by atoms with E-state index in [-0.39, 0.29) is 24.9 Å². The van der Waals surface area contributed by atoms with Crippen molar-refractivity contribution in [1.29, 1.82) is 0 Å². The molecule has 1 N–H and O–H groups in total. The second-order valence-electron chi connectivity index (χ2n) is 5.25. The van der Waals surface area contributed by atoms with Gasteiger partial charge < -0.3 is 10.2 Å². The second kappa shape index (κ2) is 4.05. The van der Waals surface area contributed by atoms with Gasteiger partial charge in [0.25, 0.3) is 5.91 Å². The van der Waals surface area contributed by atoms with Crippen molar-refractivity contribution >= 4 is 11.6 Å². The summed E-state index contributed by atoms with van der Waals surface area (Å²) < 4.78 is 14.6. The van der Waals surface area contributed by atoms with E-state index in [1.165, 1.54) is 0 Å². The number of hydrogen-bond donors (Lipinski definition) is 1. The number of alkyl halides is 1. The number of para-hydroxylation sites is 1. The van der Waals surface area contributed by atoms with Gasteiger partial charge in [0.1, 0.15) is 0 Å². The van der Waals surface area contributed by atoms with Crippen molar-refractivity contribution < 1.29 is 9.18 Å². The molecule has 1 saturated heterocycles. The van der Waals surface area contributed by atoms with Gasteiger partial charge >= 0.3 is 0 Å². The summed E-state index contributed by atoms with van der Waals surface area (Å²) >= 11 is 0. The minimum Gasteiger partial charge on any atom is -0.313 e. The minimum atomic E-state index is -1.73. The number of nitrogens with one attached hydrogen (secondary N) is 1. The number of anilines is 1. The molecule has 1 aromatic rings. The lowest BCUT2D eigenvalue weighted by atomic mass is 10.0. The van der Waals surface area contributed by atoms with Crippen LogP contribution in [0.1, 0.15) is 18.9 Å². The third kappa shape index (κ3) is 1.63. The van der Waals surface area contributed by atoms with Gasteiger partial charge in [-0.15, -0.1) is 0 Å². The molecule has 0 radical (unpaired) electrons. The summed E-state index contributed by atoms with van der Waals surface area (Å²) in [6.07, 6.45) is 1.09. The van der Waals surface area contributed by atoms with Crippen LogP contribution in [-0.2, 0) is 11.2 Å². The van der Waals surface area contributed by atoms with Gasteiger partial charge in [-0.3, -0.25) is 4.79 Å². The van der Waals surface area contributed by atoms with Crippen molar-refractivity contribution in [2.45, 2.75) is 31.5 Å². The summed E-state index contributed by atoms with van der Waals surface area (Å²) in [6, 6.07) is 7.82. The zero-order chi connectivity index (χ0) is 12.8. The van der Waals surface area contributed by atoms with Crippen molar-refractivity contribution in [3.8, 4) is 0 Å². The van der Waals surface area contributed by atoms with E-state index in [1.54, 1.807) is 4.90 Å². The zero-order valence-corrected chi connectivity index (χ0v) is 10.4. The number of halogens is 1. The lowest BCUT2D eigenvalue weighted by Crippen LogP contribution is -2.49. The number of rotatable bonds is 1. The Morgan fingerprint density at radius 2 is 2.28 bits per heavy atom. The maximum absolute atomic E-state index is 14.6. The first-order valence-electron chi connectivity index (χ1n) is 6.43. The molecule has 96 valence electrons. The minimum absolute atomic E-state index is 0.0446. The van der Waals surface area contributed by atoms with E-state index < -0.39 is 5.67 Å². The molecule has 2 aliphatic rings. The maximum atomic E-state index is 14.6. The number of carbonyl (C=O) groups is 1. The first-order chi connectivity index (χ1) is 8.62. The number of hydrogen-bond acceptors (Lipinski definition) is 2. The molecule has 0 spiro atoms. The molecule has 1 fully saturated rings. The molecule has 0 aliphatic carbocycles. The van der Waals surface area contributed by atoms with Crippen LogP contribution in [0, 0.1) is 0 Å². The fourth-order valence-electron chi connectivity index (χ4n) is 2.93. The van der Waals surface area contributed by atoms with Crippen LogP contribution in [0.4, 0.5) is 10.1 Å². The first-order valence-corrected chi connectivity index (χ1v) is 6.43. The highest BCUT2D eigenvalue weighted by Gasteiger charge is 2.47. The Balaban J connectivity index is 1.95. The monoisotopic (exact) mass is 248 g/mol. The van der Waals surface area contributed by atoms with Gasteiger partial charge in [-0.2, -0.15) is 0 Å². The number of benzene rings is 1. The van der Waals surface area contributed by atoms with E-state index in [2.05, 4.69) is 5.32 Å². The molecule has 0 aromatic heterocycles. The van der Waals surface area contributed by atoms with Gasteiger partial charge in [-0.1, -0.05) is 18.2 Å². The summed E-state index contributed by atoms with van der Waals surface area (Å²) in [5.74, 6) is -0.384. The molecule has 1 amide bonds. The first kappa shape index (κ1) is 11.7. The van der Waals surface area contributed by atoms with E-state index in [1.807, 2.05) is 31.2 Å². The van der Waals surface area contributed by atoms with Crippen molar-refractivity contribution in [2.24, 2.45) is 0 Å². The van der Waals surface area contributed by atoms with E-state index in [9.17, 15) is 9.18 Å². The van der Waals surface area contributed by atoms with Gasteiger partial charge in [-0.25, -0.2) is 4.39 Å². The molecule has 3 rings (SSSR count). The Kier molecular flexibility index (Phi) is 2.63. The predicted octanol–water partition coefficient (Wildman–Crippen LogP) is 1.67. The average molecular weight is 248 g/mol. The van der Waals surface area contributed by atoms with Crippen LogP contribution in [-0.4, -0.2) is 30.7 Å². The Morgan fingerprint density at radius 1 is 1.50 bits per heavy atom. The smallest absolute Gasteiger partial charge is 0.266 e. The number of carbonyl (C=O) groups excluding carboxylic acids is 1.